The number of ether oxygens (including phenoxy) is 6. The highest BCUT2D eigenvalue weighted by molar-refractivity contribution is 7.91. The van der Waals surface area contributed by atoms with Gasteiger partial charge in [0.1, 0.15) is 0 Å². The van der Waals surface area contributed by atoms with Crippen molar-refractivity contribution in [3.63, 3.8) is 0 Å². The number of allylic oxidation sites excluding steroid dienone is 2. The van der Waals surface area contributed by atoms with E-state index in [1.165, 1.54) is 5.57 Å². The zero-order valence-electron chi connectivity index (χ0n) is 53.4. The van der Waals surface area contributed by atoms with Gasteiger partial charge in [-0.3, -0.25) is 0 Å². The van der Waals surface area contributed by atoms with Gasteiger partial charge in [-0.25, -0.2) is 16.8 Å². The Bertz CT molecular complexity index is 2390. The standard InChI is InChI=1S/C35H56O5S.C34H54O5S/c1-9-23(3)18-32-28(8)31(22-41(36,37)30-14-12-11-13-15-30)33(39-32)20-25(5)27(7)24(4)19-29-16-17-34-35(10-2,40-29)21-26(6)38-34;1-8-23(3)19-32-27(7)30(22-40(35,36)29-13-11-10-12-14-29)31(38-32)17-15-24(4)25(5)20-28-16-18-33-34(9-2,39-28)21-26(6)37-33/h11-15,23-26,28-29,31-34H,7,9-10,16-22H2,1-6,8H3;10-14,23,25-28,30-33H,4,8-9,15-22H2,1-3,5-7H3/t23?,24-,25-,26+,28-,29?,31-,32-,33?,34+,35+;23?,25-,26+,27-,28?,30-,31?,32-,33+,34+/m11/s1/i;15T/t;15-,23?,25+,26-,27+,28?,30+,31?,32+,33-,34-/m.0. The van der Waals surface area contributed by atoms with Crippen LogP contribution in [0.25, 0.3) is 0 Å². The highest BCUT2D eigenvalue weighted by Crippen LogP contribution is 2.48. The summed E-state index contributed by atoms with van der Waals surface area (Å²) < 4.78 is 102. The molecule has 0 bridgehead atoms. The monoisotopic (exact) mass is 1160 g/mol. The minimum atomic E-state index is -3.47. The quantitative estimate of drug-likeness (QED) is 0.0841. The first-order valence-electron chi connectivity index (χ1n) is 32.7. The number of fused-ring (bicyclic) bond motifs is 2. The fourth-order valence-electron chi connectivity index (χ4n) is 15.0. The lowest BCUT2D eigenvalue weighted by molar-refractivity contribution is -0.170. The Balaban J connectivity index is 0.000000236. The van der Waals surface area contributed by atoms with Gasteiger partial charge < -0.3 is 28.4 Å². The van der Waals surface area contributed by atoms with Gasteiger partial charge in [0.25, 0.3) is 0 Å². The maximum absolute atomic E-state index is 13.5. The van der Waals surface area contributed by atoms with Crippen LogP contribution in [0, 0.1) is 53.3 Å². The van der Waals surface area contributed by atoms with E-state index in [2.05, 4.69) is 103 Å². The Morgan fingerprint density at radius 3 is 1.40 bits per heavy atom. The largest absolute Gasteiger partial charge is 0.374 e. The van der Waals surface area contributed by atoms with Crippen molar-refractivity contribution in [3.05, 3.63) is 85.0 Å². The van der Waals surface area contributed by atoms with E-state index in [1.807, 2.05) is 12.1 Å². The zero-order valence-corrected chi connectivity index (χ0v) is 54.0. The van der Waals surface area contributed by atoms with Gasteiger partial charge in [-0.2, -0.15) is 0 Å². The van der Waals surface area contributed by atoms with Gasteiger partial charge in [0.2, 0.25) is 0 Å². The van der Waals surface area contributed by atoms with Gasteiger partial charge in [-0.15, -0.1) is 0 Å². The minimum absolute atomic E-state index is 0.00801. The molecule has 6 aliphatic rings. The highest BCUT2D eigenvalue weighted by Gasteiger charge is 2.53. The molecule has 8 rings (SSSR count). The Morgan fingerprint density at radius 1 is 0.556 bits per heavy atom. The molecule has 0 amide bonds. The predicted molar refractivity (Wildman–Crippen MR) is 329 cm³/mol. The minimum Gasteiger partial charge on any atom is -0.374 e. The first-order valence-corrected chi connectivity index (χ1v) is 35.4. The summed E-state index contributed by atoms with van der Waals surface area (Å²) in [5.74, 6) is 2.03. The van der Waals surface area contributed by atoms with Crippen LogP contribution in [0.3, 0.4) is 0 Å². The zero-order chi connectivity index (χ0) is 59.9. The van der Waals surface area contributed by atoms with Crippen LogP contribution in [0.4, 0.5) is 0 Å². The SMILES string of the molecule is C=C([C@H](C)CC1CC[C@@H]2O[C@@H](C)C[C@]2(CC)O1)[C@H](C)CC1O[C@H](CC(C)CC)[C@H](C)[C@H]1CS(=O)(=O)c1ccccc1.[3H][C@@H](CC1O[C@H](CC(C)CC)[C@H](C)[C@H]1CS(=O)(=O)c1ccccc1)C(=C)[C@H](C)CC1CC[C@@H]2O[C@@H](C)C[C@]2(CC)O1. The summed E-state index contributed by atoms with van der Waals surface area (Å²) in [7, 11) is -6.88. The van der Waals surface area contributed by atoms with Crippen molar-refractivity contribution in [2.24, 2.45) is 53.3 Å². The van der Waals surface area contributed by atoms with Crippen LogP contribution in [0.2, 0.25) is 0 Å². The van der Waals surface area contributed by atoms with Crippen molar-refractivity contribution in [2.75, 3.05) is 11.5 Å². The summed E-state index contributed by atoms with van der Waals surface area (Å²) in [6, 6.07) is 17.6. The molecule has 22 atom stereocenters. The summed E-state index contributed by atoms with van der Waals surface area (Å²) in [6.07, 6.45) is 15.6. The number of hydrogen-bond donors (Lipinski definition) is 0. The van der Waals surface area contributed by atoms with Crippen molar-refractivity contribution in [1.82, 2.24) is 0 Å². The molecule has 81 heavy (non-hydrogen) atoms. The van der Waals surface area contributed by atoms with Crippen LogP contribution in [-0.2, 0) is 48.1 Å². The number of benzene rings is 2. The second-order valence-electron chi connectivity index (χ2n) is 26.9. The van der Waals surface area contributed by atoms with Crippen molar-refractivity contribution >= 4 is 19.7 Å². The Hall–Kier alpha value is -2.42. The molecule has 0 aliphatic carbocycles. The third-order valence-corrected chi connectivity index (χ3v) is 24.6. The van der Waals surface area contributed by atoms with Crippen LogP contribution in [0.15, 0.2) is 94.8 Å². The lowest BCUT2D eigenvalue weighted by atomic mass is 9.79. The summed E-state index contributed by atoms with van der Waals surface area (Å²) in [6.45, 7) is 37.6. The lowest BCUT2D eigenvalue weighted by Crippen LogP contribution is -2.48. The Labute approximate surface area is 494 Å². The van der Waals surface area contributed by atoms with E-state index >= 15 is 0 Å². The molecular weight excluding hydrogens is 1050 g/mol. The molecule has 0 radical (unpaired) electrons. The molecule has 6 saturated heterocycles. The highest BCUT2D eigenvalue weighted by atomic mass is 32.2. The molecule has 458 valence electrons. The van der Waals surface area contributed by atoms with Gasteiger partial charge in [-0.1, -0.05) is 150 Å². The molecule has 6 unspecified atom stereocenters. The average Bonchev–Trinajstić information content (AvgIpc) is 3.72. The molecule has 6 fully saturated rings. The van der Waals surface area contributed by atoms with E-state index in [-0.39, 0.29) is 119 Å². The van der Waals surface area contributed by atoms with E-state index < -0.39 is 26.1 Å². The molecule has 0 spiro atoms. The third kappa shape index (κ3) is 16.4. The molecule has 0 saturated carbocycles. The Morgan fingerprint density at radius 2 is 0.963 bits per heavy atom. The second kappa shape index (κ2) is 28.8. The van der Waals surface area contributed by atoms with Gasteiger partial charge >= 0.3 is 0 Å². The van der Waals surface area contributed by atoms with Gasteiger partial charge in [0.15, 0.2) is 19.7 Å². The molecule has 12 heteroatoms. The van der Waals surface area contributed by atoms with Gasteiger partial charge in [0, 0.05) is 26.0 Å². The summed E-state index contributed by atoms with van der Waals surface area (Å²) in [4.78, 5) is 0.766. The summed E-state index contributed by atoms with van der Waals surface area (Å²) in [5, 5.41) is 0. The molecule has 0 N–H and O–H groups in total. The third-order valence-electron chi connectivity index (χ3n) is 20.9. The first-order chi connectivity index (χ1) is 38.8. The second-order valence-corrected chi connectivity index (χ2v) is 31.0. The number of hydrogen-bond acceptors (Lipinski definition) is 10. The van der Waals surface area contributed by atoms with Crippen LogP contribution in [-0.4, -0.2) is 101 Å². The van der Waals surface area contributed by atoms with Crippen LogP contribution >= 0.6 is 0 Å². The van der Waals surface area contributed by atoms with Crippen LogP contribution in [0.5, 0.6) is 0 Å². The fourth-order valence-corrected chi connectivity index (χ4v) is 18.6. The normalized spacial score (nSPS) is 36.5. The van der Waals surface area contributed by atoms with Crippen molar-refractivity contribution in [2.45, 2.75) is 281 Å². The molecule has 0 aromatic heterocycles. The molecule has 6 heterocycles. The van der Waals surface area contributed by atoms with Gasteiger partial charge in [0.05, 0.1) is 93.5 Å². The van der Waals surface area contributed by atoms with Crippen molar-refractivity contribution in [1.29, 1.82) is 0 Å². The molecule has 6 aliphatic heterocycles. The first kappa shape index (κ1) is 64.6. The maximum atomic E-state index is 13.5. The van der Waals surface area contributed by atoms with Gasteiger partial charge in [-0.05, 0) is 163 Å². The maximum Gasteiger partial charge on any atom is 0.178 e. The average molecular weight is 1170 g/mol. The Kier molecular flexibility index (Phi) is 23.0. The molecule has 2 aromatic rings. The van der Waals surface area contributed by atoms with Crippen LogP contribution in [0.1, 0.15) is 201 Å². The predicted octanol–water partition coefficient (Wildman–Crippen LogP) is 15.8. The smallest absolute Gasteiger partial charge is 0.178 e. The topological polar surface area (TPSA) is 124 Å². The molecular formula is C69H110O10S2. The van der Waals surface area contributed by atoms with Crippen LogP contribution < -0.4 is 0 Å². The van der Waals surface area contributed by atoms with Crippen molar-refractivity contribution < 1.29 is 46.6 Å². The molecule has 10 nitrogen and oxygen atoms in total. The molecule has 2 aromatic carbocycles. The fraction of sp³-hybridized carbons (Fsp3) is 0.768. The van der Waals surface area contributed by atoms with E-state index in [4.69, 9.17) is 29.8 Å². The summed E-state index contributed by atoms with van der Waals surface area (Å²) in [5.41, 5.74) is 1.80. The van der Waals surface area contributed by atoms with Crippen molar-refractivity contribution in [3.8, 4) is 0 Å². The lowest BCUT2D eigenvalue weighted by Gasteiger charge is -2.42. The number of sulfone groups is 2. The van der Waals surface area contributed by atoms with E-state index in [1.54, 1.807) is 48.5 Å². The van der Waals surface area contributed by atoms with E-state index in [0.717, 1.165) is 102 Å². The van der Waals surface area contributed by atoms with E-state index in [9.17, 15) is 16.8 Å². The van der Waals surface area contributed by atoms with E-state index in [0.29, 0.717) is 34.0 Å². The summed E-state index contributed by atoms with van der Waals surface area (Å²) >= 11 is 0. The number of rotatable bonds is 26.